The van der Waals surface area contributed by atoms with Gasteiger partial charge in [0.1, 0.15) is 5.82 Å². The first-order valence-electron chi connectivity index (χ1n) is 7.91. The van der Waals surface area contributed by atoms with Crippen LogP contribution in [0.25, 0.3) is 0 Å². The molecule has 1 aromatic carbocycles. The van der Waals surface area contributed by atoms with Crippen LogP contribution in [0.4, 0.5) is 4.39 Å². The van der Waals surface area contributed by atoms with Crippen molar-refractivity contribution in [1.82, 2.24) is 10.6 Å². The number of unbranched alkanes of at least 4 members (excludes halogenated alkanes) is 2. The number of halogens is 1. The standard InChI is InChI=1S/C17H28FN3OS/c1-19-17(20-9-5-4-6-10-22-2)21-12-14-7-8-16(18)11-15(14)13-23-3/h7-8,11H,4-6,9-10,12-13H2,1-3H3,(H2,19,20,21). The average molecular weight is 341 g/mol. The van der Waals surface area contributed by atoms with Crippen LogP contribution in [0.3, 0.4) is 0 Å². The molecule has 1 aromatic rings. The van der Waals surface area contributed by atoms with Gasteiger partial charge < -0.3 is 15.4 Å². The Bertz CT molecular complexity index is 483. The van der Waals surface area contributed by atoms with Gasteiger partial charge in [0, 0.05) is 39.6 Å². The van der Waals surface area contributed by atoms with Crippen LogP contribution >= 0.6 is 11.8 Å². The maximum atomic E-state index is 13.4. The second-order valence-electron chi connectivity index (χ2n) is 5.25. The molecule has 23 heavy (non-hydrogen) atoms. The van der Waals surface area contributed by atoms with Gasteiger partial charge in [-0.15, -0.1) is 0 Å². The molecule has 6 heteroatoms. The van der Waals surface area contributed by atoms with E-state index < -0.39 is 0 Å². The van der Waals surface area contributed by atoms with Crippen LogP contribution in [-0.2, 0) is 17.0 Å². The quantitative estimate of drug-likeness (QED) is 0.390. The Balaban J connectivity index is 2.39. The van der Waals surface area contributed by atoms with Gasteiger partial charge >= 0.3 is 0 Å². The lowest BCUT2D eigenvalue weighted by molar-refractivity contribution is 0.192. The third-order valence-corrected chi connectivity index (χ3v) is 4.06. The number of nitrogens with one attached hydrogen (secondary N) is 2. The molecule has 1 rings (SSSR count). The highest BCUT2D eigenvalue weighted by Gasteiger charge is 2.05. The molecule has 0 unspecified atom stereocenters. The van der Waals surface area contributed by atoms with E-state index >= 15 is 0 Å². The van der Waals surface area contributed by atoms with Gasteiger partial charge in [-0.1, -0.05) is 6.07 Å². The molecule has 0 radical (unpaired) electrons. The van der Waals surface area contributed by atoms with E-state index in [2.05, 4.69) is 15.6 Å². The molecule has 0 saturated heterocycles. The lowest BCUT2D eigenvalue weighted by Gasteiger charge is -2.14. The maximum Gasteiger partial charge on any atom is 0.191 e. The summed E-state index contributed by atoms with van der Waals surface area (Å²) in [5.41, 5.74) is 2.13. The normalized spacial score (nSPS) is 11.6. The van der Waals surface area contributed by atoms with Crippen LogP contribution < -0.4 is 10.6 Å². The molecule has 0 heterocycles. The smallest absolute Gasteiger partial charge is 0.191 e. The molecular weight excluding hydrogens is 313 g/mol. The Morgan fingerprint density at radius 3 is 2.74 bits per heavy atom. The third-order valence-electron chi connectivity index (χ3n) is 3.46. The van der Waals surface area contributed by atoms with Crippen molar-refractivity contribution in [2.75, 3.05) is 33.6 Å². The van der Waals surface area contributed by atoms with Crippen molar-refractivity contribution in [3.8, 4) is 0 Å². The zero-order valence-electron chi connectivity index (χ0n) is 14.3. The summed E-state index contributed by atoms with van der Waals surface area (Å²) in [6, 6.07) is 4.96. The molecular formula is C17H28FN3OS. The number of hydrogen-bond acceptors (Lipinski definition) is 3. The summed E-state index contributed by atoms with van der Waals surface area (Å²) in [5.74, 6) is 1.40. The van der Waals surface area contributed by atoms with E-state index in [4.69, 9.17) is 4.74 Å². The SMILES string of the molecule is CN=C(NCCCCCOC)NCc1ccc(F)cc1CSC. The number of benzene rings is 1. The topological polar surface area (TPSA) is 45.7 Å². The van der Waals surface area contributed by atoms with Crippen molar-refractivity contribution in [2.24, 2.45) is 4.99 Å². The summed E-state index contributed by atoms with van der Waals surface area (Å²) in [5, 5.41) is 6.59. The van der Waals surface area contributed by atoms with Gasteiger partial charge in [-0.2, -0.15) is 11.8 Å². The van der Waals surface area contributed by atoms with Crippen LogP contribution in [0.1, 0.15) is 30.4 Å². The molecule has 4 nitrogen and oxygen atoms in total. The first-order valence-corrected chi connectivity index (χ1v) is 9.30. The number of hydrogen-bond donors (Lipinski definition) is 2. The summed E-state index contributed by atoms with van der Waals surface area (Å²) in [6.45, 7) is 2.33. The number of rotatable bonds is 10. The maximum absolute atomic E-state index is 13.4. The summed E-state index contributed by atoms with van der Waals surface area (Å²) in [4.78, 5) is 4.22. The Kier molecular flexibility index (Phi) is 10.5. The molecule has 0 aromatic heterocycles. The van der Waals surface area contributed by atoms with Crippen LogP contribution in [0.2, 0.25) is 0 Å². The van der Waals surface area contributed by atoms with Gasteiger partial charge in [0.25, 0.3) is 0 Å². The van der Waals surface area contributed by atoms with Crippen LogP contribution in [-0.4, -0.2) is 39.5 Å². The minimum atomic E-state index is -0.184. The molecule has 0 aliphatic rings. The number of aliphatic imine (C=N–C) groups is 1. The van der Waals surface area contributed by atoms with Crippen LogP contribution in [0.15, 0.2) is 23.2 Å². The molecule has 0 aliphatic carbocycles. The molecule has 0 spiro atoms. The number of ether oxygens (including phenoxy) is 1. The number of thioether (sulfide) groups is 1. The first kappa shape index (κ1) is 19.8. The molecule has 0 bridgehead atoms. The first-order chi connectivity index (χ1) is 11.2. The second kappa shape index (κ2) is 12.2. The van der Waals surface area contributed by atoms with E-state index in [0.29, 0.717) is 6.54 Å². The predicted molar refractivity (Wildman–Crippen MR) is 97.5 cm³/mol. The van der Waals surface area contributed by atoms with Crippen molar-refractivity contribution in [3.63, 3.8) is 0 Å². The van der Waals surface area contributed by atoms with Crippen molar-refractivity contribution < 1.29 is 9.13 Å². The second-order valence-corrected chi connectivity index (χ2v) is 6.12. The highest BCUT2D eigenvalue weighted by molar-refractivity contribution is 7.97. The van der Waals surface area contributed by atoms with Gasteiger partial charge in [-0.05, 0) is 48.8 Å². The Morgan fingerprint density at radius 1 is 1.22 bits per heavy atom. The Hall–Kier alpha value is -1.27. The lowest BCUT2D eigenvalue weighted by Crippen LogP contribution is -2.37. The predicted octanol–water partition coefficient (Wildman–Crippen LogP) is 3.17. The van der Waals surface area contributed by atoms with Gasteiger partial charge in [-0.25, -0.2) is 4.39 Å². The van der Waals surface area contributed by atoms with Crippen LogP contribution in [0, 0.1) is 5.82 Å². The molecule has 0 fully saturated rings. The summed E-state index contributed by atoms with van der Waals surface area (Å²) in [7, 11) is 3.48. The number of nitrogens with zero attached hydrogens (tertiary/aromatic N) is 1. The zero-order chi connectivity index (χ0) is 16.9. The van der Waals surface area contributed by atoms with E-state index in [9.17, 15) is 4.39 Å². The van der Waals surface area contributed by atoms with E-state index in [0.717, 1.165) is 55.3 Å². The highest BCUT2D eigenvalue weighted by Crippen LogP contribution is 2.16. The van der Waals surface area contributed by atoms with E-state index in [1.165, 1.54) is 6.07 Å². The van der Waals surface area contributed by atoms with Crippen molar-refractivity contribution >= 4 is 17.7 Å². The molecule has 0 aliphatic heterocycles. The fourth-order valence-electron chi connectivity index (χ4n) is 2.21. The van der Waals surface area contributed by atoms with Gasteiger partial charge in [0.2, 0.25) is 0 Å². The van der Waals surface area contributed by atoms with E-state index in [1.807, 2.05) is 12.3 Å². The molecule has 0 atom stereocenters. The Labute approximate surface area is 143 Å². The van der Waals surface area contributed by atoms with Crippen molar-refractivity contribution in [2.45, 2.75) is 31.6 Å². The molecule has 130 valence electrons. The van der Waals surface area contributed by atoms with Crippen LogP contribution in [0.5, 0.6) is 0 Å². The minimum Gasteiger partial charge on any atom is -0.385 e. The molecule has 0 amide bonds. The summed E-state index contributed by atoms with van der Waals surface area (Å²) >= 11 is 1.69. The van der Waals surface area contributed by atoms with Gasteiger partial charge in [-0.3, -0.25) is 4.99 Å². The van der Waals surface area contributed by atoms with Gasteiger partial charge in [0.15, 0.2) is 5.96 Å². The Morgan fingerprint density at radius 2 is 2.04 bits per heavy atom. The number of methoxy groups -OCH3 is 1. The average Bonchev–Trinajstić information content (AvgIpc) is 2.55. The fraction of sp³-hybridized carbons (Fsp3) is 0.588. The molecule has 2 N–H and O–H groups in total. The minimum absolute atomic E-state index is 0.184. The summed E-state index contributed by atoms with van der Waals surface area (Å²) < 4.78 is 18.4. The van der Waals surface area contributed by atoms with Crippen molar-refractivity contribution in [1.29, 1.82) is 0 Å². The monoisotopic (exact) mass is 341 g/mol. The van der Waals surface area contributed by atoms with E-state index in [1.54, 1.807) is 32.0 Å². The van der Waals surface area contributed by atoms with Crippen molar-refractivity contribution in [3.05, 3.63) is 35.1 Å². The molecule has 0 saturated carbocycles. The fourth-order valence-corrected chi connectivity index (χ4v) is 2.79. The summed E-state index contributed by atoms with van der Waals surface area (Å²) in [6.07, 6.45) is 5.32. The highest BCUT2D eigenvalue weighted by atomic mass is 32.2. The lowest BCUT2D eigenvalue weighted by atomic mass is 10.1. The zero-order valence-corrected chi connectivity index (χ0v) is 15.1. The third kappa shape index (κ3) is 8.23. The van der Waals surface area contributed by atoms with E-state index in [-0.39, 0.29) is 5.82 Å². The number of guanidine groups is 1. The van der Waals surface area contributed by atoms with Gasteiger partial charge in [0.05, 0.1) is 0 Å². The largest absolute Gasteiger partial charge is 0.385 e.